The van der Waals surface area contributed by atoms with E-state index in [1.165, 1.54) is 5.69 Å². The Morgan fingerprint density at radius 2 is 1.93 bits per heavy atom. The predicted octanol–water partition coefficient (Wildman–Crippen LogP) is 2.14. The molecule has 74 valence electrons. The summed E-state index contributed by atoms with van der Waals surface area (Å²) >= 11 is 5.32. The molecule has 1 aliphatic rings. The van der Waals surface area contributed by atoms with Gasteiger partial charge in [0.05, 0.1) is 0 Å². The highest BCUT2D eigenvalue weighted by Crippen LogP contribution is 2.29. The molecule has 0 saturated heterocycles. The molecule has 0 spiro atoms. The van der Waals surface area contributed by atoms with E-state index in [0.29, 0.717) is 0 Å². The zero-order chi connectivity index (χ0) is 10.3. The molecule has 1 N–H and O–H groups in total. The van der Waals surface area contributed by atoms with Gasteiger partial charge < -0.3 is 10.2 Å². The summed E-state index contributed by atoms with van der Waals surface area (Å²) in [5.74, 6) is 0. The average molecular weight is 206 g/mol. The van der Waals surface area contributed by atoms with Crippen LogP contribution in [0.15, 0.2) is 24.3 Å². The lowest BCUT2D eigenvalue weighted by Gasteiger charge is -2.44. The molecule has 0 amide bonds. The molecule has 0 radical (unpaired) electrons. The lowest BCUT2D eigenvalue weighted by atomic mass is 10.0. The Morgan fingerprint density at radius 3 is 2.64 bits per heavy atom. The summed E-state index contributed by atoms with van der Waals surface area (Å²) in [6.07, 6.45) is 0. The Morgan fingerprint density at radius 1 is 1.29 bits per heavy atom. The van der Waals surface area contributed by atoms with Crippen molar-refractivity contribution in [2.75, 3.05) is 11.9 Å². The van der Waals surface area contributed by atoms with Crippen LogP contribution in [0.1, 0.15) is 19.4 Å². The first-order chi connectivity index (χ1) is 6.52. The second kappa shape index (κ2) is 2.95. The van der Waals surface area contributed by atoms with Crippen LogP contribution in [-0.2, 0) is 0 Å². The predicted molar refractivity (Wildman–Crippen MR) is 63.8 cm³/mol. The summed E-state index contributed by atoms with van der Waals surface area (Å²) in [6.45, 7) is 4.24. The lowest BCUT2D eigenvalue weighted by Crippen LogP contribution is -2.58. The molecular formula is C11H14N2S. The molecule has 0 fully saturated rings. The van der Waals surface area contributed by atoms with Crippen LogP contribution in [-0.4, -0.2) is 17.7 Å². The highest BCUT2D eigenvalue weighted by molar-refractivity contribution is 7.80. The topological polar surface area (TPSA) is 15.3 Å². The van der Waals surface area contributed by atoms with Crippen LogP contribution < -0.4 is 10.2 Å². The lowest BCUT2D eigenvalue weighted by molar-refractivity contribution is 0.448. The highest BCUT2D eigenvalue weighted by Gasteiger charge is 2.31. The Labute approximate surface area is 89.9 Å². The number of nitrogens with one attached hydrogen (secondary N) is 1. The monoisotopic (exact) mass is 206 g/mol. The second-order valence-corrected chi connectivity index (χ2v) is 4.50. The normalized spacial score (nSPS) is 18.8. The quantitative estimate of drug-likeness (QED) is 0.655. The third-order valence-corrected chi connectivity index (χ3v) is 3.09. The molecule has 2 rings (SSSR count). The summed E-state index contributed by atoms with van der Waals surface area (Å²) in [7, 11) is 2.08. The number of benzene rings is 1. The molecule has 0 bridgehead atoms. The van der Waals surface area contributed by atoms with E-state index in [9.17, 15) is 0 Å². The number of hydrogen-bond donors (Lipinski definition) is 1. The summed E-state index contributed by atoms with van der Waals surface area (Å²) < 4.78 is 0. The molecule has 3 heteroatoms. The molecule has 0 atom stereocenters. The zero-order valence-corrected chi connectivity index (χ0v) is 9.48. The molecule has 0 saturated carbocycles. The van der Waals surface area contributed by atoms with Crippen molar-refractivity contribution in [3.05, 3.63) is 29.8 Å². The minimum Gasteiger partial charge on any atom is -0.354 e. The van der Waals surface area contributed by atoms with Crippen LogP contribution >= 0.6 is 12.2 Å². The van der Waals surface area contributed by atoms with E-state index < -0.39 is 0 Å². The standard InChI is InChI=1S/C11H14N2S/c1-11(2)12-10(14)8-6-4-5-7-9(8)13(11)3/h4-7H,1-3H3,(H,12,14). The van der Waals surface area contributed by atoms with Gasteiger partial charge in [-0.15, -0.1) is 0 Å². The maximum atomic E-state index is 5.32. The number of para-hydroxylation sites is 1. The number of anilines is 1. The van der Waals surface area contributed by atoms with Gasteiger partial charge in [0, 0.05) is 18.3 Å². The molecule has 0 unspecified atom stereocenters. The van der Waals surface area contributed by atoms with E-state index in [-0.39, 0.29) is 5.66 Å². The van der Waals surface area contributed by atoms with Gasteiger partial charge >= 0.3 is 0 Å². The van der Waals surface area contributed by atoms with E-state index in [4.69, 9.17) is 12.2 Å². The Kier molecular flexibility index (Phi) is 2.00. The fourth-order valence-corrected chi connectivity index (χ4v) is 2.11. The van der Waals surface area contributed by atoms with Crippen molar-refractivity contribution in [1.82, 2.24) is 5.32 Å². The number of fused-ring (bicyclic) bond motifs is 1. The number of thiocarbonyl (C=S) groups is 1. The average Bonchev–Trinajstić information content (AvgIpc) is 2.14. The van der Waals surface area contributed by atoms with E-state index in [1.807, 2.05) is 12.1 Å². The largest absolute Gasteiger partial charge is 0.354 e. The maximum absolute atomic E-state index is 5.32. The zero-order valence-electron chi connectivity index (χ0n) is 8.66. The number of rotatable bonds is 0. The van der Waals surface area contributed by atoms with Crippen molar-refractivity contribution in [2.24, 2.45) is 0 Å². The molecule has 2 nitrogen and oxygen atoms in total. The van der Waals surface area contributed by atoms with Crippen molar-refractivity contribution < 1.29 is 0 Å². The van der Waals surface area contributed by atoms with Crippen LogP contribution in [0.25, 0.3) is 0 Å². The minimum absolute atomic E-state index is 0.106. The highest BCUT2D eigenvalue weighted by atomic mass is 32.1. The van der Waals surface area contributed by atoms with E-state index in [2.05, 4.69) is 43.2 Å². The summed E-state index contributed by atoms with van der Waals surface area (Å²) in [5.41, 5.74) is 2.21. The van der Waals surface area contributed by atoms with Gasteiger partial charge in [-0.1, -0.05) is 24.4 Å². The Hall–Kier alpha value is -1.09. The van der Waals surface area contributed by atoms with Gasteiger partial charge in [0.2, 0.25) is 0 Å². The number of nitrogens with zero attached hydrogens (tertiary/aromatic N) is 1. The van der Waals surface area contributed by atoms with E-state index in [0.717, 1.165) is 10.6 Å². The SMILES string of the molecule is CN1c2ccccc2C(=S)NC1(C)C. The van der Waals surface area contributed by atoms with Gasteiger partial charge in [-0.3, -0.25) is 0 Å². The Balaban J connectivity index is 2.57. The van der Waals surface area contributed by atoms with E-state index in [1.54, 1.807) is 0 Å². The molecule has 1 aromatic carbocycles. The first kappa shape index (κ1) is 9.46. The van der Waals surface area contributed by atoms with Crippen LogP contribution in [0.3, 0.4) is 0 Å². The van der Waals surface area contributed by atoms with Crippen molar-refractivity contribution >= 4 is 22.9 Å². The van der Waals surface area contributed by atoms with Gasteiger partial charge in [-0.05, 0) is 26.0 Å². The Bertz CT molecular complexity index is 385. The summed E-state index contributed by atoms with van der Waals surface area (Å²) in [6, 6.07) is 8.21. The molecule has 0 aliphatic carbocycles. The fourth-order valence-electron chi connectivity index (χ4n) is 1.69. The van der Waals surface area contributed by atoms with Gasteiger partial charge in [0.1, 0.15) is 10.7 Å². The molecule has 1 aromatic rings. The van der Waals surface area contributed by atoms with Gasteiger partial charge in [0.15, 0.2) is 0 Å². The maximum Gasteiger partial charge on any atom is 0.110 e. The first-order valence-corrected chi connectivity index (χ1v) is 5.08. The van der Waals surface area contributed by atoms with Crippen molar-refractivity contribution in [3.8, 4) is 0 Å². The van der Waals surface area contributed by atoms with Gasteiger partial charge in [-0.2, -0.15) is 0 Å². The molecular weight excluding hydrogens is 192 g/mol. The summed E-state index contributed by atoms with van der Waals surface area (Å²) in [4.78, 5) is 3.04. The molecule has 1 heterocycles. The third-order valence-electron chi connectivity index (χ3n) is 2.77. The van der Waals surface area contributed by atoms with Crippen LogP contribution in [0.4, 0.5) is 5.69 Å². The van der Waals surface area contributed by atoms with Crippen LogP contribution in [0, 0.1) is 0 Å². The second-order valence-electron chi connectivity index (χ2n) is 4.09. The smallest absolute Gasteiger partial charge is 0.110 e. The minimum atomic E-state index is -0.106. The van der Waals surface area contributed by atoms with Crippen LogP contribution in [0.5, 0.6) is 0 Å². The van der Waals surface area contributed by atoms with Gasteiger partial charge in [0.25, 0.3) is 0 Å². The molecule has 0 aromatic heterocycles. The number of hydrogen-bond acceptors (Lipinski definition) is 2. The molecule has 1 aliphatic heterocycles. The van der Waals surface area contributed by atoms with Crippen molar-refractivity contribution in [3.63, 3.8) is 0 Å². The van der Waals surface area contributed by atoms with Crippen LogP contribution in [0.2, 0.25) is 0 Å². The molecule has 14 heavy (non-hydrogen) atoms. The van der Waals surface area contributed by atoms with Gasteiger partial charge in [-0.25, -0.2) is 0 Å². The first-order valence-electron chi connectivity index (χ1n) is 4.68. The summed E-state index contributed by atoms with van der Waals surface area (Å²) in [5, 5.41) is 3.32. The van der Waals surface area contributed by atoms with Crippen molar-refractivity contribution in [1.29, 1.82) is 0 Å². The fraction of sp³-hybridized carbons (Fsp3) is 0.364. The third kappa shape index (κ3) is 1.28. The van der Waals surface area contributed by atoms with E-state index >= 15 is 0 Å². The van der Waals surface area contributed by atoms with Crippen molar-refractivity contribution in [2.45, 2.75) is 19.5 Å².